The van der Waals surface area contributed by atoms with Gasteiger partial charge in [-0.2, -0.15) is 4.31 Å². The lowest BCUT2D eigenvalue weighted by Crippen LogP contribution is -2.40. The zero-order valence-corrected chi connectivity index (χ0v) is 20.6. The van der Waals surface area contributed by atoms with Crippen LogP contribution in [0.5, 0.6) is 0 Å². The number of fused-ring (bicyclic) bond motifs is 1. The van der Waals surface area contributed by atoms with Gasteiger partial charge in [0, 0.05) is 25.8 Å². The summed E-state index contributed by atoms with van der Waals surface area (Å²) in [6.07, 6.45) is 0. The van der Waals surface area contributed by atoms with Crippen LogP contribution in [0, 0.1) is 6.92 Å². The largest absolute Gasteiger partial charge is 0.379 e. The highest BCUT2D eigenvalue weighted by Gasteiger charge is 2.28. The molecule has 0 radical (unpaired) electrons. The van der Waals surface area contributed by atoms with Crippen LogP contribution < -0.4 is 5.32 Å². The third-order valence-corrected chi connectivity index (χ3v) is 9.11. The number of benzene rings is 2. The molecule has 0 bridgehead atoms. The quantitative estimate of drug-likeness (QED) is 0.549. The Hall–Kier alpha value is -2.53. The first-order valence-corrected chi connectivity index (χ1v) is 13.1. The highest BCUT2D eigenvalue weighted by Crippen LogP contribution is 2.29. The topological polar surface area (TPSA) is 91.8 Å². The maximum Gasteiger partial charge on any atom is 0.243 e. The van der Waals surface area contributed by atoms with Gasteiger partial charge in [-0.05, 0) is 43.7 Å². The molecule has 10 heteroatoms. The van der Waals surface area contributed by atoms with E-state index in [1.807, 2.05) is 31.2 Å². The summed E-state index contributed by atoms with van der Waals surface area (Å²) >= 11 is 1.58. The molecule has 1 aliphatic heterocycles. The van der Waals surface area contributed by atoms with Crippen LogP contribution in [-0.4, -0.2) is 68.4 Å². The maximum absolute atomic E-state index is 13.1. The summed E-state index contributed by atoms with van der Waals surface area (Å²) in [4.78, 5) is 19.4. The maximum atomic E-state index is 13.1. The summed E-state index contributed by atoms with van der Waals surface area (Å²) in [5.41, 5.74) is 2.18. The van der Waals surface area contributed by atoms with E-state index in [1.54, 1.807) is 48.4 Å². The molecule has 0 saturated carbocycles. The number of aromatic nitrogens is 1. The van der Waals surface area contributed by atoms with Crippen LogP contribution >= 0.6 is 11.3 Å². The third kappa shape index (κ3) is 5.03. The molecular weight excluding hydrogens is 460 g/mol. The Balaban J connectivity index is 1.44. The minimum Gasteiger partial charge on any atom is -0.379 e. The number of sulfonamides is 1. The number of para-hydroxylation sites is 1. The molecule has 176 valence electrons. The van der Waals surface area contributed by atoms with Gasteiger partial charge in [0.05, 0.1) is 40.9 Å². The van der Waals surface area contributed by atoms with Crippen molar-refractivity contribution in [1.82, 2.24) is 14.2 Å². The number of carbonyl (C=O) groups excluding carboxylic acids is 1. The summed E-state index contributed by atoms with van der Waals surface area (Å²) in [6, 6.07) is 12.9. The number of ether oxygens (including phenoxy) is 1. The summed E-state index contributed by atoms with van der Waals surface area (Å²) in [5.74, 6) is -0.111. The molecule has 1 aliphatic rings. The van der Waals surface area contributed by atoms with E-state index >= 15 is 0 Å². The number of anilines is 1. The van der Waals surface area contributed by atoms with Crippen LogP contribution in [0.1, 0.15) is 23.5 Å². The van der Waals surface area contributed by atoms with Crippen molar-refractivity contribution in [3.8, 4) is 0 Å². The Kier molecular flexibility index (Phi) is 6.99. The van der Waals surface area contributed by atoms with Gasteiger partial charge < -0.3 is 15.0 Å². The Morgan fingerprint density at radius 1 is 1.24 bits per heavy atom. The van der Waals surface area contributed by atoms with E-state index in [2.05, 4.69) is 10.3 Å². The molecule has 33 heavy (non-hydrogen) atoms. The van der Waals surface area contributed by atoms with Gasteiger partial charge in [-0.15, -0.1) is 11.3 Å². The minimum atomic E-state index is -3.62. The standard InChI is InChI=1S/C23H28N4O4S2/c1-16-8-9-18(14-21(16)33(29,30)27-10-12-31-13-11-27)24-15-22(28)26(3)17(2)23-25-19-6-4-5-7-20(19)32-23/h4-9,14,17,24H,10-13,15H2,1-3H3. The number of carbonyl (C=O) groups is 1. The Morgan fingerprint density at radius 3 is 2.70 bits per heavy atom. The molecule has 1 unspecified atom stereocenters. The summed E-state index contributed by atoms with van der Waals surface area (Å²) in [6.45, 7) is 5.24. The van der Waals surface area contributed by atoms with E-state index in [4.69, 9.17) is 4.74 Å². The van der Waals surface area contributed by atoms with Crippen molar-refractivity contribution in [2.45, 2.75) is 24.8 Å². The number of thiazole rings is 1. The van der Waals surface area contributed by atoms with Crippen LogP contribution in [0.25, 0.3) is 10.2 Å². The van der Waals surface area contributed by atoms with Crippen LogP contribution in [0.15, 0.2) is 47.4 Å². The van der Waals surface area contributed by atoms with E-state index < -0.39 is 10.0 Å². The SMILES string of the molecule is Cc1ccc(NCC(=O)N(C)C(C)c2nc3ccccc3s2)cc1S(=O)(=O)N1CCOCC1. The first kappa shape index (κ1) is 23.6. The van der Waals surface area contributed by atoms with Gasteiger partial charge in [-0.1, -0.05) is 18.2 Å². The van der Waals surface area contributed by atoms with Crippen molar-refractivity contribution in [3.63, 3.8) is 0 Å². The molecule has 8 nitrogen and oxygen atoms in total. The number of nitrogens with zero attached hydrogens (tertiary/aromatic N) is 3. The Bertz CT molecular complexity index is 1220. The molecule has 4 rings (SSSR count). The smallest absolute Gasteiger partial charge is 0.243 e. The number of morpholine rings is 1. The van der Waals surface area contributed by atoms with E-state index in [9.17, 15) is 13.2 Å². The molecule has 1 N–H and O–H groups in total. The number of likely N-dealkylation sites (N-methyl/N-ethyl adjacent to an activating group) is 1. The fourth-order valence-corrected chi connectivity index (χ4v) is 6.39. The van der Waals surface area contributed by atoms with Gasteiger partial charge in [-0.25, -0.2) is 13.4 Å². The van der Waals surface area contributed by atoms with E-state index in [0.717, 1.165) is 15.2 Å². The molecule has 1 atom stereocenters. The van der Waals surface area contributed by atoms with Gasteiger partial charge in [0.25, 0.3) is 0 Å². The molecule has 3 aromatic rings. The van der Waals surface area contributed by atoms with Gasteiger partial charge in [0.15, 0.2) is 0 Å². The van der Waals surface area contributed by atoms with Crippen molar-refractivity contribution >= 4 is 43.2 Å². The van der Waals surface area contributed by atoms with Crippen LogP contribution in [0.2, 0.25) is 0 Å². The first-order chi connectivity index (χ1) is 15.8. The number of amides is 1. The predicted octanol–water partition coefficient (Wildman–Crippen LogP) is 3.26. The predicted molar refractivity (Wildman–Crippen MR) is 130 cm³/mol. The van der Waals surface area contributed by atoms with E-state index in [1.165, 1.54) is 4.31 Å². The van der Waals surface area contributed by atoms with Crippen molar-refractivity contribution in [2.24, 2.45) is 0 Å². The van der Waals surface area contributed by atoms with Gasteiger partial charge in [-0.3, -0.25) is 4.79 Å². The molecule has 1 saturated heterocycles. The van der Waals surface area contributed by atoms with Crippen LogP contribution in [0.3, 0.4) is 0 Å². The fraction of sp³-hybridized carbons (Fsp3) is 0.391. The second-order valence-corrected chi connectivity index (χ2v) is 11.0. The third-order valence-electron chi connectivity index (χ3n) is 5.86. The van der Waals surface area contributed by atoms with Crippen molar-refractivity contribution in [1.29, 1.82) is 0 Å². The van der Waals surface area contributed by atoms with Crippen LogP contribution in [-0.2, 0) is 19.6 Å². The zero-order valence-electron chi connectivity index (χ0n) is 18.9. The lowest BCUT2D eigenvalue weighted by atomic mass is 10.2. The summed E-state index contributed by atoms with van der Waals surface area (Å²) in [5, 5.41) is 3.96. The highest BCUT2D eigenvalue weighted by atomic mass is 32.2. The second kappa shape index (κ2) is 9.76. The average molecular weight is 489 g/mol. The number of hydrogen-bond acceptors (Lipinski definition) is 7. The molecule has 0 aliphatic carbocycles. The van der Waals surface area contributed by atoms with Crippen LogP contribution in [0.4, 0.5) is 5.69 Å². The first-order valence-electron chi connectivity index (χ1n) is 10.8. The second-order valence-electron chi connectivity index (χ2n) is 8.05. The van der Waals surface area contributed by atoms with Crippen molar-refractivity contribution in [3.05, 3.63) is 53.0 Å². The van der Waals surface area contributed by atoms with Crippen molar-refractivity contribution in [2.75, 3.05) is 45.2 Å². The number of rotatable bonds is 7. The lowest BCUT2D eigenvalue weighted by molar-refractivity contribution is -0.129. The monoisotopic (exact) mass is 488 g/mol. The zero-order chi connectivity index (χ0) is 23.6. The Morgan fingerprint density at radius 2 is 1.97 bits per heavy atom. The molecule has 0 spiro atoms. The normalized spacial score (nSPS) is 16.0. The molecule has 2 heterocycles. The lowest BCUT2D eigenvalue weighted by Gasteiger charge is -2.27. The van der Waals surface area contributed by atoms with E-state index in [0.29, 0.717) is 37.6 Å². The van der Waals surface area contributed by atoms with E-state index in [-0.39, 0.29) is 23.4 Å². The van der Waals surface area contributed by atoms with Gasteiger partial charge in [0.2, 0.25) is 15.9 Å². The average Bonchev–Trinajstić information content (AvgIpc) is 3.27. The summed E-state index contributed by atoms with van der Waals surface area (Å²) in [7, 11) is -1.87. The number of aryl methyl sites for hydroxylation is 1. The Labute approximate surface area is 198 Å². The number of nitrogens with one attached hydrogen (secondary N) is 1. The van der Waals surface area contributed by atoms with Gasteiger partial charge in [0.1, 0.15) is 5.01 Å². The fourth-order valence-electron chi connectivity index (χ4n) is 3.67. The molecule has 1 fully saturated rings. The molecule has 1 amide bonds. The van der Waals surface area contributed by atoms with Gasteiger partial charge >= 0.3 is 0 Å². The minimum absolute atomic E-state index is 0.0475. The molecular formula is C23H28N4O4S2. The van der Waals surface area contributed by atoms with Crippen molar-refractivity contribution < 1.29 is 17.9 Å². The highest BCUT2D eigenvalue weighted by molar-refractivity contribution is 7.89. The molecule has 2 aromatic carbocycles. The molecule has 1 aromatic heterocycles. The summed E-state index contributed by atoms with van der Waals surface area (Å²) < 4.78 is 34.0. The number of hydrogen-bond donors (Lipinski definition) is 1.